The van der Waals surface area contributed by atoms with Crippen molar-refractivity contribution in [1.29, 1.82) is 5.26 Å². The maximum Gasteiger partial charge on any atom is 0.242 e. The van der Waals surface area contributed by atoms with Gasteiger partial charge in [-0.3, -0.25) is 25.1 Å². The third-order valence-corrected chi connectivity index (χ3v) is 4.19. The number of carbonyl (C=O) groups is 2. The molecule has 0 spiro atoms. The molecule has 2 amide bonds. The number of nitrogens with zero attached hydrogens (tertiary/aromatic N) is 3. The molecule has 0 saturated carbocycles. The topological polar surface area (TPSA) is 99.8 Å². The molecule has 142 valence electrons. The normalized spacial score (nSPS) is 10.3. The molecule has 1 aromatic carbocycles. The van der Waals surface area contributed by atoms with E-state index in [4.69, 9.17) is 5.26 Å². The van der Waals surface area contributed by atoms with Crippen LogP contribution in [0.25, 0.3) is 0 Å². The summed E-state index contributed by atoms with van der Waals surface area (Å²) in [5.41, 5.74) is 8.13. The largest absolute Gasteiger partial charge is 0.273 e. The van der Waals surface area contributed by atoms with Crippen molar-refractivity contribution in [3.05, 3.63) is 52.6 Å². The van der Waals surface area contributed by atoms with Crippen LogP contribution in [-0.2, 0) is 29.0 Å². The summed E-state index contributed by atoms with van der Waals surface area (Å²) in [4.78, 5) is 23.8. The second-order valence-electron chi connectivity index (χ2n) is 6.18. The average Bonchev–Trinajstić information content (AvgIpc) is 2.91. The molecule has 2 N–H and O–H groups in total. The van der Waals surface area contributed by atoms with Crippen LogP contribution >= 0.6 is 0 Å². The fourth-order valence-electron chi connectivity index (χ4n) is 2.74. The molecule has 7 nitrogen and oxygen atoms in total. The molecule has 0 bridgehead atoms. The molecule has 0 atom stereocenters. The van der Waals surface area contributed by atoms with E-state index < -0.39 is 0 Å². The highest BCUT2D eigenvalue weighted by Gasteiger charge is 2.13. The first-order chi connectivity index (χ1) is 12.9. The number of amides is 2. The first-order valence-electron chi connectivity index (χ1n) is 8.62. The van der Waals surface area contributed by atoms with Crippen LogP contribution in [0.2, 0.25) is 0 Å². The van der Waals surface area contributed by atoms with E-state index in [1.807, 2.05) is 13.8 Å². The highest BCUT2D eigenvalue weighted by atomic mass is 19.1. The van der Waals surface area contributed by atoms with Crippen molar-refractivity contribution in [2.75, 3.05) is 0 Å². The van der Waals surface area contributed by atoms with Crippen molar-refractivity contribution in [3.8, 4) is 6.07 Å². The standard InChI is InChI=1S/C19H22FN5O2/c1-13-17(14(2)25(24-13)11-3-10-21)8-9-18(26)22-23-19(27)12-15-4-6-16(20)7-5-15/h4-7H,3,8-9,11-12H2,1-2H3,(H,22,26)(H,23,27). The van der Waals surface area contributed by atoms with E-state index in [-0.39, 0.29) is 30.5 Å². The zero-order chi connectivity index (χ0) is 19.8. The molecule has 8 heteroatoms. The first-order valence-corrected chi connectivity index (χ1v) is 8.62. The smallest absolute Gasteiger partial charge is 0.242 e. The number of rotatable bonds is 7. The molecule has 27 heavy (non-hydrogen) atoms. The van der Waals surface area contributed by atoms with Gasteiger partial charge in [0.05, 0.1) is 31.1 Å². The number of nitriles is 1. The van der Waals surface area contributed by atoms with Gasteiger partial charge in [-0.25, -0.2) is 4.39 Å². The molecule has 1 aromatic heterocycles. The predicted octanol–water partition coefficient (Wildman–Crippen LogP) is 1.88. The zero-order valence-corrected chi connectivity index (χ0v) is 15.4. The number of hydrazine groups is 1. The van der Waals surface area contributed by atoms with Gasteiger partial charge in [0, 0.05) is 12.1 Å². The van der Waals surface area contributed by atoms with Crippen molar-refractivity contribution in [2.45, 2.75) is 46.1 Å². The molecule has 0 radical (unpaired) electrons. The van der Waals surface area contributed by atoms with E-state index in [1.54, 1.807) is 4.68 Å². The molecule has 2 rings (SSSR count). The molecule has 0 aliphatic rings. The third-order valence-electron chi connectivity index (χ3n) is 4.19. The van der Waals surface area contributed by atoms with Crippen molar-refractivity contribution in [2.24, 2.45) is 0 Å². The summed E-state index contributed by atoms with van der Waals surface area (Å²) in [7, 11) is 0. The van der Waals surface area contributed by atoms with E-state index in [2.05, 4.69) is 22.0 Å². The van der Waals surface area contributed by atoms with Crippen molar-refractivity contribution < 1.29 is 14.0 Å². The maximum atomic E-state index is 12.8. The number of aryl methyl sites for hydroxylation is 2. The van der Waals surface area contributed by atoms with Gasteiger partial charge in [-0.05, 0) is 43.5 Å². The minimum Gasteiger partial charge on any atom is -0.273 e. The third kappa shape index (κ3) is 5.92. The summed E-state index contributed by atoms with van der Waals surface area (Å²) in [6, 6.07) is 7.69. The van der Waals surface area contributed by atoms with Crippen LogP contribution in [0.5, 0.6) is 0 Å². The monoisotopic (exact) mass is 371 g/mol. The van der Waals surface area contributed by atoms with E-state index >= 15 is 0 Å². The molecular weight excluding hydrogens is 349 g/mol. The van der Waals surface area contributed by atoms with Crippen LogP contribution in [0.3, 0.4) is 0 Å². The van der Waals surface area contributed by atoms with E-state index in [9.17, 15) is 14.0 Å². The Kier molecular flexibility index (Phi) is 7.06. The van der Waals surface area contributed by atoms with Gasteiger partial charge in [-0.15, -0.1) is 0 Å². The number of hydrogen-bond acceptors (Lipinski definition) is 4. The lowest BCUT2D eigenvalue weighted by Crippen LogP contribution is -2.42. The van der Waals surface area contributed by atoms with Crippen LogP contribution in [0.15, 0.2) is 24.3 Å². The summed E-state index contributed by atoms with van der Waals surface area (Å²) < 4.78 is 14.6. The molecule has 2 aromatic rings. The molecule has 1 heterocycles. The van der Waals surface area contributed by atoms with Gasteiger partial charge in [0.15, 0.2) is 0 Å². The van der Waals surface area contributed by atoms with Crippen LogP contribution in [-0.4, -0.2) is 21.6 Å². The van der Waals surface area contributed by atoms with Crippen LogP contribution in [0.4, 0.5) is 4.39 Å². The van der Waals surface area contributed by atoms with Crippen LogP contribution in [0, 0.1) is 31.0 Å². The van der Waals surface area contributed by atoms with Crippen molar-refractivity contribution in [3.63, 3.8) is 0 Å². The fraction of sp³-hybridized carbons (Fsp3) is 0.368. The highest BCUT2D eigenvalue weighted by molar-refractivity contribution is 5.83. The first kappa shape index (κ1) is 20.1. The van der Waals surface area contributed by atoms with Gasteiger partial charge in [0.1, 0.15) is 5.82 Å². The van der Waals surface area contributed by atoms with Crippen LogP contribution < -0.4 is 10.9 Å². The number of benzene rings is 1. The Labute approximate surface area is 157 Å². The Hall–Kier alpha value is -3.21. The van der Waals surface area contributed by atoms with Crippen LogP contribution in [0.1, 0.15) is 35.4 Å². The number of hydrogen-bond donors (Lipinski definition) is 2. The Bertz CT molecular complexity index is 852. The van der Waals surface area contributed by atoms with Crippen molar-refractivity contribution >= 4 is 11.8 Å². The summed E-state index contributed by atoms with van der Waals surface area (Å²) in [5.74, 6) is -1.06. The number of nitrogens with one attached hydrogen (secondary N) is 2. The Morgan fingerprint density at radius 3 is 2.52 bits per heavy atom. The fourth-order valence-corrected chi connectivity index (χ4v) is 2.74. The minimum absolute atomic E-state index is 0.0461. The minimum atomic E-state index is -0.383. The lowest BCUT2D eigenvalue weighted by atomic mass is 10.1. The summed E-state index contributed by atoms with van der Waals surface area (Å²) in [5, 5.41) is 13.1. The number of aromatic nitrogens is 2. The quantitative estimate of drug-likeness (QED) is 0.726. The van der Waals surface area contributed by atoms with Gasteiger partial charge in [-0.1, -0.05) is 12.1 Å². The van der Waals surface area contributed by atoms with E-state index in [1.165, 1.54) is 24.3 Å². The zero-order valence-electron chi connectivity index (χ0n) is 15.4. The van der Waals surface area contributed by atoms with Gasteiger partial charge >= 0.3 is 0 Å². The Morgan fingerprint density at radius 2 is 1.85 bits per heavy atom. The SMILES string of the molecule is Cc1nn(CCC#N)c(C)c1CCC(=O)NNC(=O)Cc1ccc(F)cc1. The lowest BCUT2D eigenvalue weighted by Gasteiger charge is -2.08. The predicted molar refractivity (Wildman–Crippen MR) is 96.6 cm³/mol. The highest BCUT2D eigenvalue weighted by Crippen LogP contribution is 2.15. The Balaban J connectivity index is 1.79. The van der Waals surface area contributed by atoms with Gasteiger partial charge in [0.25, 0.3) is 0 Å². The molecule has 0 saturated heterocycles. The maximum absolute atomic E-state index is 12.8. The number of carbonyl (C=O) groups excluding carboxylic acids is 2. The molecule has 0 fully saturated rings. The molecular formula is C19H22FN5O2. The summed E-state index contributed by atoms with van der Waals surface area (Å²) in [6.07, 6.45) is 1.11. The summed E-state index contributed by atoms with van der Waals surface area (Å²) >= 11 is 0. The van der Waals surface area contributed by atoms with Crippen molar-refractivity contribution in [1.82, 2.24) is 20.6 Å². The Morgan fingerprint density at radius 1 is 1.19 bits per heavy atom. The molecule has 0 unspecified atom stereocenters. The van der Waals surface area contributed by atoms with E-state index in [0.717, 1.165) is 17.0 Å². The van der Waals surface area contributed by atoms with E-state index in [0.29, 0.717) is 24.9 Å². The lowest BCUT2D eigenvalue weighted by molar-refractivity contribution is -0.128. The van der Waals surface area contributed by atoms with Gasteiger partial charge in [-0.2, -0.15) is 10.4 Å². The van der Waals surface area contributed by atoms with Gasteiger partial charge in [0.2, 0.25) is 11.8 Å². The molecule has 0 aliphatic carbocycles. The molecule has 0 aliphatic heterocycles. The number of halogens is 1. The second-order valence-corrected chi connectivity index (χ2v) is 6.18. The summed E-state index contributed by atoms with van der Waals surface area (Å²) in [6.45, 7) is 4.30. The average molecular weight is 371 g/mol. The van der Waals surface area contributed by atoms with Gasteiger partial charge < -0.3 is 0 Å². The second kappa shape index (κ2) is 9.48.